The zero-order valence-electron chi connectivity index (χ0n) is 13.4. The number of aromatic nitrogens is 2. The van der Waals surface area contributed by atoms with Crippen molar-refractivity contribution in [3.8, 4) is 11.6 Å². The number of nitrogens with one attached hydrogen (secondary N) is 2. The van der Waals surface area contributed by atoms with Crippen LogP contribution in [0.15, 0.2) is 41.0 Å². The summed E-state index contributed by atoms with van der Waals surface area (Å²) in [5.41, 5.74) is 0.819. The minimum absolute atomic E-state index is 0.575. The highest BCUT2D eigenvalue weighted by molar-refractivity contribution is 6.31. The molecule has 1 aliphatic heterocycles. The molecule has 5 nitrogen and oxygen atoms in total. The average Bonchev–Trinajstić information content (AvgIpc) is 3.28. The molecule has 0 amide bonds. The number of hydrogen-bond acceptors (Lipinski definition) is 4. The van der Waals surface area contributed by atoms with E-state index in [1.54, 1.807) is 11.2 Å². The predicted molar refractivity (Wildman–Crippen MR) is 95.5 cm³/mol. The summed E-state index contributed by atoms with van der Waals surface area (Å²) in [5, 5.41) is 5.12. The molecular formula is C18H20ClN4O+. The maximum atomic E-state index is 6.13. The Labute approximate surface area is 145 Å². The molecule has 2 N–H and O–H groups in total. The third-order valence-electron chi connectivity index (χ3n) is 4.48. The van der Waals surface area contributed by atoms with E-state index < -0.39 is 0 Å². The van der Waals surface area contributed by atoms with Gasteiger partial charge in [0, 0.05) is 23.3 Å². The first-order valence-corrected chi connectivity index (χ1v) is 8.76. The summed E-state index contributed by atoms with van der Waals surface area (Å²) in [4.78, 5) is 10.9. The molecule has 1 saturated heterocycles. The van der Waals surface area contributed by atoms with E-state index in [0.717, 1.165) is 29.8 Å². The van der Waals surface area contributed by atoms with E-state index in [1.165, 1.54) is 25.9 Å². The number of hydrogen-bond donors (Lipinski definition) is 2. The normalized spacial score (nSPS) is 15.2. The molecule has 0 spiro atoms. The van der Waals surface area contributed by atoms with Gasteiger partial charge in [-0.1, -0.05) is 11.6 Å². The summed E-state index contributed by atoms with van der Waals surface area (Å²) < 4.78 is 5.45. The minimum Gasteiger partial charge on any atom is -0.461 e. The SMILES string of the molecule is Clc1ccc2c(NCC[NH+]3CCCC3)nc(-c3ccco3)nc2c1. The molecule has 124 valence electrons. The summed E-state index contributed by atoms with van der Waals surface area (Å²) in [6, 6.07) is 9.40. The van der Waals surface area contributed by atoms with Gasteiger partial charge in [0.15, 0.2) is 11.6 Å². The number of furan rings is 1. The Morgan fingerprint density at radius 2 is 2.04 bits per heavy atom. The number of rotatable bonds is 5. The Kier molecular flexibility index (Phi) is 4.36. The first kappa shape index (κ1) is 15.4. The second-order valence-corrected chi connectivity index (χ2v) is 6.60. The van der Waals surface area contributed by atoms with E-state index in [0.29, 0.717) is 16.6 Å². The number of anilines is 1. The van der Waals surface area contributed by atoms with Gasteiger partial charge in [-0.25, -0.2) is 9.97 Å². The third-order valence-corrected chi connectivity index (χ3v) is 4.72. The maximum Gasteiger partial charge on any atom is 0.198 e. The molecule has 1 aromatic carbocycles. The standard InChI is InChI=1S/C18H19ClN4O/c19-13-5-6-14-15(12-13)21-18(16-4-3-11-24-16)22-17(14)20-7-10-23-8-1-2-9-23/h3-6,11-12H,1-2,7-10H2,(H,20,21,22)/p+1. The van der Waals surface area contributed by atoms with Crippen molar-refractivity contribution in [2.24, 2.45) is 0 Å². The van der Waals surface area contributed by atoms with Crippen LogP contribution >= 0.6 is 11.6 Å². The number of halogens is 1. The summed E-state index contributed by atoms with van der Waals surface area (Å²) in [5.74, 6) is 2.07. The van der Waals surface area contributed by atoms with Crippen LogP contribution in [0.1, 0.15) is 12.8 Å². The van der Waals surface area contributed by atoms with Crippen molar-refractivity contribution in [2.75, 3.05) is 31.5 Å². The first-order chi connectivity index (χ1) is 11.8. The summed E-state index contributed by atoms with van der Waals surface area (Å²) in [6.07, 6.45) is 4.31. The Morgan fingerprint density at radius 3 is 2.83 bits per heavy atom. The van der Waals surface area contributed by atoms with Gasteiger partial charge in [-0.3, -0.25) is 0 Å². The highest BCUT2D eigenvalue weighted by Crippen LogP contribution is 2.27. The van der Waals surface area contributed by atoms with Crippen molar-refractivity contribution in [1.29, 1.82) is 0 Å². The molecule has 6 heteroatoms. The van der Waals surface area contributed by atoms with Gasteiger partial charge in [-0.2, -0.15) is 0 Å². The smallest absolute Gasteiger partial charge is 0.198 e. The number of likely N-dealkylation sites (tertiary alicyclic amines) is 1. The van der Waals surface area contributed by atoms with E-state index in [9.17, 15) is 0 Å². The molecule has 0 saturated carbocycles. The van der Waals surface area contributed by atoms with Gasteiger partial charge >= 0.3 is 0 Å². The van der Waals surface area contributed by atoms with Gasteiger partial charge in [0.1, 0.15) is 5.82 Å². The van der Waals surface area contributed by atoms with Crippen LogP contribution in [-0.4, -0.2) is 36.1 Å². The Morgan fingerprint density at radius 1 is 1.17 bits per heavy atom. The lowest BCUT2D eigenvalue weighted by Crippen LogP contribution is -3.10. The highest BCUT2D eigenvalue weighted by atomic mass is 35.5. The van der Waals surface area contributed by atoms with Gasteiger partial charge in [-0.15, -0.1) is 0 Å². The van der Waals surface area contributed by atoms with E-state index in [-0.39, 0.29) is 0 Å². The molecule has 0 unspecified atom stereocenters. The van der Waals surface area contributed by atoms with Gasteiger partial charge in [0.25, 0.3) is 0 Å². The fourth-order valence-corrected chi connectivity index (χ4v) is 3.40. The van der Waals surface area contributed by atoms with Crippen LogP contribution in [0.25, 0.3) is 22.5 Å². The van der Waals surface area contributed by atoms with Crippen LogP contribution in [-0.2, 0) is 0 Å². The minimum atomic E-state index is 0.575. The lowest BCUT2D eigenvalue weighted by atomic mass is 10.2. The maximum absolute atomic E-state index is 6.13. The fraction of sp³-hybridized carbons (Fsp3) is 0.333. The van der Waals surface area contributed by atoms with Crippen LogP contribution in [0.3, 0.4) is 0 Å². The molecule has 1 fully saturated rings. The lowest BCUT2D eigenvalue weighted by molar-refractivity contribution is -0.885. The van der Waals surface area contributed by atoms with Gasteiger partial charge < -0.3 is 14.6 Å². The molecule has 0 aliphatic carbocycles. The van der Waals surface area contributed by atoms with Crippen LogP contribution in [0, 0.1) is 0 Å². The molecule has 1 aliphatic rings. The van der Waals surface area contributed by atoms with Gasteiger partial charge in [-0.05, 0) is 30.3 Å². The highest BCUT2D eigenvalue weighted by Gasteiger charge is 2.15. The summed E-state index contributed by atoms with van der Waals surface area (Å²) in [6.45, 7) is 4.55. The van der Waals surface area contributed by atoms with E-state index in [4.69, 9.17) is 16.0 Å². The topological polar surface area (TPSA) is 55.4 Å². The molecule has 24 heavy (non-hydrogen) atoms. The van der Waals surface area contributed by atoms with E-state index >= 15 is 0 Å². The third kappa shape index (κ3) is 3.23. The first-order valence-electron chi connectivity index (χ1n) is 8.38. The van der Waals surface area contributed by atoms with Crippen LogP contribution < -0.4 is 10.2 Å². The lowest BCUT2D eigenvalue weighted by Gasteiger charge is -2.14. The molecule has 0 bridgehead atoms. The van der Waals surface area contributed by atoms with Crippen molar-refractivity contribution in [3.05, 3.63) is 41.6 Å². The average molecular weight is 344 g/mol. The van der Waals surface area contributed by atoms with Crippen LogP contribution in [0.5, 0.6) is 0 Å². The van der Waals surface area contributed by atoms with E-state index in [2.05, 4.69) is 15.3 Å². The Hall–Kier alpha value is -2.11. The van der Waals surface area contributed by atoms with Crippen molar-refractivity contribution in [3.63, 3.8) is 0 Å². The Balaban J connectivity index is 1.63. The molecule has 2 aromatic heterocycles. The molecule has 0 radical (unpaired) electrons. The van der Waals surface area contributed by atoms with Crippen LogP contribution in [0.2, 0.25) is 5.02 Å². The van der Waals surface area contributed by atoms with Gasteiger partial charge in [0.05, 0.1) is 38.0 Å². The molecular weight excluding hydrogens is 324 g/mol. The number of nitrogens with zero attached hydrogens (tertiary/aromatic N) is 2. The quantitative estimate of drug-likeness (QED) is 0.747. The molecule has 4 rings (SSSR count). The van der Waals surface area contributed by atoms with E-state index in [1.807, 2.05) is 30.3 Å². The monoisotopic (exact) mass is 343 g/mol. The van der Waals surface area contributed by atoms with Crippen molar-refractivity contribution >= 4 is 28.3 Å². The zero-order chi connectivity index (χ0) is 16.4. The predicted octanol–water partition coefficient (Wildman–Crippen LogP) is 2.63. The van der Waals surface area contributed by atoms with Crippen LogP contribution in [0.4, 0.5) is 5.82 Å². The number of fused-ring (bicyclic) bond motifs is 1. The largest absolute Gasteiger partial charge is 0.461 e. The Bertz CT molecular complexity index is 828. The number of benzene rings is 1. The number of quaternary nitrogens is 1. The second-order valence-electron chi connectivity index (χ2n) is 6.17. The summed E-state index contributed by atoms with van der Waals surface area (Å²) >= 11 is 6.13. The fourth-order valence-electron chi connectivity index (χ4n) is 3.24. The summed E-state index contributed by atoms with van der Waals surface area (Å²) in [7, 11) is 0. The van der Waals surface area contributed by atoms with Crippen molar-refractivity contribution in [1.82, 2.24) is 9.97 Å². The second kappa shape index (κ2) is 6.79. The molecule has 3 heterocycles. The molecule has 0 atom stereocenters. The zero-order valence-corrected chi connectivity index (χ0v) is 14.1. The molecule has 3 aromatic rings. The van der Waals surface area contributed by atoms with Crippen molar-refractivity contribution in [2.45, 2.75) is 12.8 Å². The van der Waals surface area contributed by atoms with Gasteiger partial charge in [0.2, 0.25) is 0 Å². The van der Waals surface area contributed by atoms with Crippen molar-refractivity contribution < 1.29 is 9.32 Å².